The normalized spacial score (nSPS) is 10.2. The number of nitrogens with one attached hydrogen (secondary N) is 1. The summed E-state index contributed by atoms with van der Waals surface area (Å²) in [6, 6.07) is 8.17. The fourth-order valence-corrected chi connectivity index (χ4v) is 3.56. The van der Waals surface area contributed by atoms with Crippen LogP contribution in [0.15, 0.2) is 40.6 Å². The van der Waals surface area contributed by atoms with Gasteiger partial charge in [-0.15, -0.1) is 23.1 Å². The van der Waals surface area contributed by atoms with Gasteiger partial charge in [0.2, 0.25) is 0 Å². The van der Waals surface area contributed by atoms with Crippen molar-refractivity contribution in [3.8, 4) is 0 Å². The van der Waals surface area contributed by atoms with Crippen LogP contribution in [-0.4, -0.2) is 35.9 Å². The monoisotopic (exact) mass is 392 g/mol. The Bertz CT molecular complexity index is 847. The topological polar surface area (TPSA) is 116 Å². The van der Waals surface area contributed by atoms with Gasteiger partial charge < -0.3 is 15.8 Å². The second-order valence-electron chi connectivity index (χ2n) is 5.14. The molecule has 2 rings (SSSR count). The highest BCUT2D eigenvalue weighted by Gasteiger charge is 2.17. The van der Waals surface area contributed by atoms with Gasteiger partial charge in [0.05, 0.1) is 16.9 Å². The minimum absolute atomic E-state index is 0.0150. The standard InChI is InChI=1S/C17H16N2O5S2/c1-10(20)9-26-13-5-3-2-4-11(13)17(23)24-8-14(21)19-16-12(15(18)22)6-7-25-16/h2-7H,8-9H2,1H3,(H2,18,22)(H,19,21). The van der Waals surface area contributed by atoms with Gasteiger partial charge in [0, 0.05) is 4.90 Å². The highest BCUT2D eigenvalue weighted by molar-refractivity contribution is 8.00. The molecule has 0 aliphatic heterocycles. The second-order valence-corrected chi connectivity index (χ2v) is 7.07. The highest BCUT2D eigenvalue weighted by atomic mass is 32.2. The van der Waals surface area contributed by atoms with Crippen molar-refractivity contribution in [2.24, 2.45) is 5.73 Å². The van der Waals surface area contributed by atoms with Crippen LogP contribution >= 0.6 is 23.1 Å². The van der Waals surface area contributed by atoms with Gasteiger partial charge in [-0.25, -0.2) is 4.79 Å². The lowest BCUT2D eigenvalue weighted by atomic mass is 10.2. The zero-order valence-corrected chi connectivity index (χ0v) is 15.4. The van der Waals surface area contributed by atoms with E-state index in [4.69, 9.17) is 10.5 Å². The van der Waals surface area contributed by atoms with E-state index in [-0.39, 0.29) is 22.7 Å². The van der Waals surface area contributed by atoms with E-state index in [1.807, 2.05) is 0 Å². The van der Waals surface area contributed by atoms with Crippen LogP contribution in [0.1, 0.15) is 27.6 Å². The summed E-state index contributed by atoms with van der Waals surface area (Å²) in [7, 11) is 0. The van der Waals surface area contributed by atoms with E-state index in [0.717, 1.165) is 11.3 Å². The van der Waals surface area contributed by atoms with Crippen LogP contribution in [0.3, 0.4) is 0 Å². The Morgan fingerprint density at radius 1 is 1.15 bits per heavy atom. The SMILES string of the molecule is CC(=O)CSc1ccccc1C(=O)OCC(=O)Nc1sccc1C(N)=O. The van der Waals surface area contributed by atoms with Gasteiger partial charge in [0.15, 0.2) is 6.61 Å². The molecule has 0 atom stereocenters. The molecule has 0 bridgehead atoms. The third-order valence-electron chi connectivity index (χ3n) is 3.06. The number of hydrogen-bond acceptors (Lipinski definition) is 7. The Kier molecular flexibility index (Phi) is 6.93. The number of benzene rings is 1. The number of thiophene rings is 1. The van der Waals surface area contributed by atoms with Gasteiger partial charge in [0.1, 0.15) is 10.8 Å². The molecule has 26 heavy (non-hydrogen) atoms. The van der Waals surface area contributed by atoms with Gasteiger partial charge >= 0.3 is 5.97 Å². The highest BCUT2D eigenvalue weighted by Crippen LogP contribution is 2.24. The van der Waals surface area contributed by atoms with Crippen molar-refractivity contribution in [2.45, 2.75) is 11.8 Å². The second kappa shape index (κ2) is 9.16. The minimum atomic E-state index is -0.673. The molecule has 2 aromatic rings. The summed E-state index contributed by atoms with van der Waals surface area (Å²) in [4.78, 5) is 47.1. The molecule has 1 heterocycles. The summed E-state index contributed by atoms with van der Waals surface area (Å²) >= 11 is 2.37. The number of nitrogens with two attached hydrogens (primary N) is 1. The number of ketones is 1. The van der Waals surface area contributed by atoms with Crippen molar-refractivity contribution in [3.05, 3.63) is 46.8 Å². The van der Waals surface area contributed by atoms with Crippen molar-refractivity contribution < 1.29 is 23.9 Å². The average Bonchev–Trinajstić information content (AvgIpc) is 3.06. The van der Waals surface area contributed by atoms with Crippen LogP contribution in [-0.2, 0) is 14.3 Å². The molecule has 0 unspecified atom stereocenters. The summed E-state index contributed by atoms with van der Waals surface area (Å²) in [6.07, 6.45) is 0. The van der Waals surface area contributed by atoms with E-state index in [9.17, 15) is 19.2 Å². The van der Waals surface area contributed by atoms with E-state index in [1.165, 1.54) is 24.8 Å². The van der Waals surface area contributed by atoms with Gasteiger partial charge in [-0.3, -0.25) is 14.4 Å². The largest absolute Gasteiger partial charge is 0.452 e. The fourth-order valence-electron chi connectivity index (χ4n) is 1.91. The van der Waals surface area contributed by atoms with E-state index in [0.29, 0.717) is 9.90 Å². The smallest absolute Gasteiger partial charge is 0.339 e. The summed E-state index contributed by atoms with van der Waals surface area (Å²) < 4.78 is 5.03. The van der Waals surface area contributed by atoms with Crippen LogP contribution < -0.4 is 11.1 Å². The molecule has 1 aromatic carbocycles. The number of amides is 2. The number of Topliss-reactive ketones (excluding diaryl/α,β-unsaturated/α-hetero) is 1. The molecule has 136 valence electrons. The molecule has 2 amide bonds. The average molecular weight is 392 g/mol. The van der Waals surface area contributed by atoms with Crippen LogP contribution in [0, 0.1) is 0 Å². The molecule has 9 heteroatoms. The maximum Gasteiger partial charge on any atom is 0.339 e. The quantitative estimate of drug-likeness (QED) is 0.526. The van der Waals surface area contributed by atoms with Crippen molar-refractivity contribution in [1.29, 1.82) is 0 Å². The van der Waals surface area contributed by atoms with Crippen LogP contribution in [0.2, 0.25) is 0 Å². The van der Waals surface area contributed by atoms with Gasteiger partial charge in [-0.1, -0.05) is 12.1 Å². The number of anilines is 1. The maximum absolute atomic E-state index is 12.2. The van der Waals surface area contributed by atoms with E-state index in [1.54, 1.807) is 29.6 Å². The number of thioether (sulfide) groups is 1. The lowest BCUT2D eigenvalue weighted by Crippen LogP contribution is -2.22. The molecule has 3 N–H and O–H groups in total. The first-order valence-electron chi connectivity index (χ1n) is 7.44. The molecule has 0 aliphatic rings. The van der Waals surface area contributed by atoms with E-state index >= 15 is 0 Å². The third kappa shape index (κ3) is 5.43. The fraction of sp³-hybridized carbons (Fsp3) is 0.176. The van der Waals surface area contributed by atoms with Gasteiger partial charge in [-0.2, -0.15) is 0 Å². The van der Waals surface area contributed by atoms with Gasteiger partial charge in [0.25, 0.3) is 11.8 Å². The Morgan fingerprint density at radius 3 is 2.58 bits per heavy atom. The molecule has 0 fully saturated rings. The lowest BCUT2D eigenvalue weighted by Gasteiger charge is -2.09. The zero-order valence-electron chi connectivity index (χ0n) is 13.8. The molecule has 1 aromatic heterocycles. The molecule has 0 aliphatic carbocycles. The van der Waals surface area contributed by atoms with Crippen molar-refractivity contribution in [1.82, 2.24) is 0 Å². The van der Waals surface area contributed by atoms with Crippen LogP contribution in [0.5, 0.6) is 0 Å². The van der Waals surface area contributed by atoms with Crippen molar-refractivity contribution in [3.63, 3.8) is 0 Å². The molecular formula is C17H16N2O5S2. The van der Waals surface area contributed by atoms with E-state index in [2.05, 4.69) is 5.32 Å². The Balaban J connectivity index is 1.96. The van der Waals surface area contributed by atoms with E-state index < -0.39 is 24.4 Å². The predicted octanol–water partition coefficient (Wildman–Crippen LogP) is 2.32. The number of ether oxygens (including phenoxy) is 1. The number of hydrogen-bond donors (Lipinski definition) is 2. The van der Waals surface area contributed by atoms with Gasteiger partial charge in [-0.05, 0) is 30.5 Å². The predicted molar refractivity (Wildman–Crippen MR) is 99.6 cm³/mol. The lowest BCUT2D eigenvalue weighted by molar-refractivity contribution is -0.119. The number of primary amides is 1. The molecule has 0 radical (unpaired) electrons. The molecule has 0 saturated heterocycles. The van der Waals surface area contributed by atoms with Crippen molar-refractivity contribution >= 4 is 51.7 Å². The summed E-state index contributed by atoms with van der Waals surface area (Å²) in [5, 5.41) is 4.40. The third-order valence-corrected chi connectivity index (χ3v) is 5.10. The van der Waals surface area contributed by atoms with Crippen LogP contribution in [0.4, 0.5) is 5.00 Å². The number of carbonyl (C=O) groups excluding carboxylic acids is 4. The van der Waals surface area contributed by atoms with Crippen LogP contribution in [0.25, 0.3) is 0 Å². The number of carbonyl (C=O) groups is 4. The Hall–Kier alpha value is -2.65. The first-order valence-corrected chi connectivity index (χ1v) is 9.30. The first-order chi connectivity index (χ1) is 12.4. The summed E-state index contributed by atoms with van der Waals surface area (Å²) in [5.74, 6) is -1.70. The molecule has 0 saturated carbocycles. The number of rotatable bonds is 8. The molecule has 7 nitrogen and oxygen atoms in total. The zero-order chi connectivity index (χ0) is 19.1. The molecular weight excluding hydrogens is 376 g/mol. The minimum Gasteiger partial charge on any atom is -0.452 e. The summed E-state index contributed by atoms with van der Waals surface area (Å²) in [6.45, 7) is 0.948. The maximum atomic E-state index is 12.2. The Labute approximate surface area is 157 Å². The number of esters is 1. The summed E-state index contributed by atoms with van der Waals surface area (Å²) in [5.41, 5.74) is 5.68. The first kappa shape index (κ1) is 19.7. The molecule has 0 spiro atoms. The Morgan fingerprint density at radius 2 is 1.88 bits per heavy atom. The van der Waals surface area contributed by atoms with Crippen molar-refractivity contribution in [2.75, 3.05) is 17.7 Å².